The zero-order valence-electron chi connectivity index (χ0n) is 40.2. The van der Waals surface area contributed by atoms with Gasteiger partial charge in [-0.05, 0) is 66.3 Å². The second kappa shape index (κ2) is 25.9. The van der Waals surface area contributed by atoms with Crippen LogP contribution in [0.25, 0.3) is 31.3 Å². The van der Waals surface area contributed by atoms with Crippen molar-refractivity contribution in [3.8, 4) is 0 Å². The van der Waals surface area contributed by atoms with Crippen LogP contribution in [0.1, 0.15) is 72.1 Å². The van der Waals surface area contributed by atoms with Crippen molar-refractivity contribution in [2.75, 3.05) is 6.54 Å². The van der Waals surface area contributed by atoms with Crippen LogP contribution in [0.3, 0.4) is 0 Å². The van der Waals surface area contributed by atoms with Crippen LogP contribution in [0.15, 0.2) is 106 Å². The van der Waals surface area contributed by atoms with Gasteiger partial charge in [0, 0.05) is 48.0 Å². The molecule has 27 nitrogen and oxygen atoms in total. The summed E-state index contributed by atoms with van der Waals surface area (Å²) >= 11 is 0. The lowest BCUT2D eigenvalue weighted by atomic mass is 9.83. The molecule has 3 aromatic rings. The maximum Gasteiger partial charge on any atom is 0.338 e. The summed E-state index contributed by atoms with van der Waals surface area (Å²) in [5.41, 5.74) is 29.7. The van der Waals surface area contributed by atoms with Crippen molar-refractivity contribution >= 4 is 41.7 Å². The molecule has 0 bridgehead atoms. The number of esters is 6. The Labute approximate surface area is 420 Å². The monoisotopic (exact) mass is 1030 g/mol. The molecule has 390 valence electrons. The van der Waals surface area contributed by atoms with E-state index in [4.69, 9.17) is 47.4 Å². The highest BCUT2D eigenvalue weighted by atomic mass is 16.8. The lowest BCUT2D eigenvalue weighted by Gasteiger charge is -2.49. The molecule has 0 radical (unpaired) electrons. The number of benzene rings is 3. The number of rotatable bonds is 19. The van der Waals surface area contributed by atoms with Gasteiger partial charge in [-0.1, -0.05) is 69.9 Å². The van der Waals surface area contributed by atoms with Crippen LogP contribution in [0.4, 0.5) is 0 Å². The number of ether oxygens (including phenoxy) is 10. The van der Waals surface area contributed by atoms with Crippen molar-refractivity contribution in [2.45, 2.75) is 133 Å². The van der Waals surface area contributed by atoms with E-state index in [1.807, 2.05) is 0 Å². The van der Waals surface area contributed by atoms with E-state index in [0.29, 0.717) is 0 Å². The third kappa shape index (κ3) is 14.0. The van der Waals surface area contributed by atoms with Crippen LogP contribution in [-0.2, 0) is 66.5 Å². The van der Waals surface area contributed by atoms with Crippen LogP contribution in [0.2, 0.25) is 0 Å². The number of amides is 1. The third-order valence-electron chi connectivity index (χ3n) is 11.6. The van der Waals surface area contributed by atoms with E-state index in [2.05, 4.69) is 35.4 Å². The molecule has 2 heterocycles. The summed E-state index contributed by atoms with van der Waals surface area (Å²) in [6, 6.07) is 18.5. The van der Waals surface area contributed by atoms with Gasteiger partial charge < -0.3 is 52.7 Å². The first-order chi connectivity index (χ1) is 35.5. The van der Waals surface area contributed by atoms with Gasteiger partial charge in [0.1, 0.15) is 30.5 Å². The normalized spacial score (nSPS) is 28.4. The fourth-order valence-electron chi connectivity index (χ4n) is 8.66. The Bertz CT molecular complexity index is 2650. The average Bonchev–Trinajstić information content (AvgIpc) is 3.68. The van der Waals surface area contributed by atoms with E-state index in [0.717, 1.165) is 27.7 Å². The molecular formula is C47H50N10O17. The molecule has 0 aromatic heterocycles. The molecule has 3 fully saturated rings. The Morgan fingerprint density at radius 3 is 1.62 bits per heavy atom. The number of nitrogens with zero attached hydrogens (tertiary/aromatic N) is 9. The lowest BCUT2D eigenvalue weighted by Crippen LogP contribution is -2.67. The van der Waals surface area contributed by atoms with Gasteiger partial charge in [-0.15, -0.1) is 0 Å². The Kier molecular flexibility index (Phi) is 19.3. The largest absolute Gasteiger partial charge is 0.460 e. The van der Waals surface area contributed by atoms with Crippen LogP contribution < -0.4 is 5.32 Å². The Morgan fingerprint density at radius 1 is 0.581 bits per heavy atom. The SMILES string of the molecule is CC(=O)OC1C(N=[N+]=[N-])[C@@H](O[C@@H]2C(N=[N+]=[N-])C[C@@H](NC(=O)c3ccccc3)C(OC(C)=O)C2O[C@@H]2O[C@H](CN=[N+]=[N-])C(OC(=O)c3ccccc3)C2OC(=O)c2ccccc2)OC([C@@H](C)OC(C)=O)[C@H]1OC(C)=O. The highest BCUT2D eigenvalue weighted by molar-refractivity contribution is 5.94. The Hall–Kier alpha value is -8.28. The van der Waals surface area contributed by atoms with Gasteiger partial charge in [0.15, 0.2) is 43.1 Å². The number of carbonyl (C=O) groups excluding carboxylic acids is 7. The van der Waals surface area contributed by atoms with Crippen molar-refractivity contribution in [2.24, 2.45) is 15.3 Å². The van der Waals surface area contributed by atoms with E-state index in [1.54, 1.807) is 54.6 Å². The molecule has 2 saturated heterocycles. The number of carbonyl (C=O) groups is 7. The first-order valence-corrected chi connectivity index (χ1v) is 22.8. The molecule has 15 atom stereocenters. The predicted octanol–water partition coefficient (Wildman–Crippen LogP) is 5.27. The maximum atomic E-state index is 14.0. The van der Waals surface area contributed by atoms with E-state index < -0.39 is 146 Å². The summed E-state index contributed by atoms with van der Waals surface area (Å²) in [5, 5.41) is 14.2. The molecule has 3 aliphatic rings. The summed E-state index contributed by atoms with van der Waals surface area (Å²) in [4.78, 5) is 101. The van der Waals surface area contributed by atoms with Gasteiger partial charge in [-0.2, -0.15) is 0 Å². The van der Waals surface area contributed by atoms with Gasteiger partial charge in [-0.3, -0.25) is 24.0 Å². The summed E-state index contributed by atoms with van der Waals surface area (Å²) in [5.74, 6) is -6.25. The van der Waals surface area contributed by atoms with Crippen molar-refractivity contribution in [3.05, 3.63) is 139 Å². The number of hydrogen-bond donors (Lipinski definition) is 1. The van der Waals surface area contributed by atoms with Crippen molar-refractivity contribution in [1.82, 2.24) is 5.32 Å². The molecule has 2 aliphatic heterocycles. The molecule has 3 aromatic carbocycles. The first kappa shape index (κ1) is 55.0. The second-order valence-electron chi connectivity index (χ2n) is 16.8. The van der Waals surface area contributed by atoms with Crippen LogP contribution in [-0.4, -0.2) is 140 Å². The number of nitrogens with one attached hydrogen (secondary N) is 1. The zero-order valence-corrected chi connectivity index (χ0v) is 40.2. The van der Waals surface area contributed by atoms with Gasteiger partial charge >= 0.3 is 35.8 Å². The minimum absolute atomic E-state index is 0.0205. The fourth-order valence-corrected chi connectivity index (χ4v) is 8.66. The highest BCUT2D eigenvalue weighted by Crippen LogP contribution is 2.39. The van der Waals surface area contributed by atoms with Crippen molar-refractivity contribution < 1.29 is 80.9 Å². The van der Waals surface area contributed by atoms with Gasteiger partial charge in [-0.25, -0.2) is 9.59 Å². The average molecular weight is 1030 g/mol. The number of hydrogen-bond acceptors (Lipinski definition) is 20. The Balaban J connectivity index is 1.53. The topological polar surface area (TPSA) is 370 Å². The maximum absolute atomic E-state index is 14.0. The summed E-state index contributed by atoms with van der Waals surface area (Å²) in [6.45, 7) is 4.95. The molecule has 1 N–H and O–H groups in total. The first-order valence-electron chi connectivity index (χ1n) is 22.8. The van der Waals surface area contributed by atoms with E-state index in [-0.39, 0.29) is 16.7 Å². The molecule has 6 rings (SSSR count). The van der Waals surface area contributed by atoms with Crippen LogP contribution in [0, 0.1) is 0 Å². The van der Waals surface area contributed by atoms with Gasteiger partial charge in [0.25, 0.3) is 5.91 Å². The van der Waals surface area contributed by atoms with Crippen molar-refractivity contribution in [3.63, 3.8) is 0 Å². The van der Waals surface area contributed by atoms with E-state index in [1.165, 1.54) is 43.3 Å². The zero-order chi connectivity index (χ0) is 53.5. The van der Waals surface area contributed by atoms with E-state index >= 15 is 0 Å². The minimum Gasteiger partial charge on any atom is -0.460 e. The minimum atomic E-state index is -1.96. The molecular weight excluding hydrogens is 977 g/mol. The molecule has 1 amide bonds. The number of azide groups is 3. The quantitative estimate of drug-likeness (QED) is 0.0525. The van der Waals surface area contributed by atoms with Crippen LogP contribution in [0.5, 0.6) is 0 Å². The van der Waals surface area contributed by atoms with Crippen molar-refractivity contribution in [1.29, 1.82) is 0 Å². The predicted molar refractivity (Wildman–Crippen MR) is 248 cm³/mol. The highest BCUT2D eigenvalue weighted by Gasteiger charge is 2.59. The summed E-state index contributed by atoms with van der Waals surface area (Å²) in [6.07, 6.45) is -20.7. The standard InChI is InChI=1S/C47H50N10O17/c1-23(65-24(2)58)35-40(68-27(5)61)39(67-26(4)60)34(54-57-50)46(72-35)73-37-32(53-56-49)21-31(52-43(62)28-15-9-6-10-16-28)36(66-25(3)59)41(37)74-47-42(71-45(64)30-19-13-8-14-20-30)38(33(69-47)22-51-55-48)70-44(63)29-17-11-7-12-18-29/h6-20,23,31-42,46-47H,21-22H2,1-5H3,(H,52,62)/t23-,31-,32?,33-,34?,35?,36?,37-,38?,39?,40-,41?,42?,46-,47+/m1/s1. The fraction of sp³-hybridized carbons (Fsp3) is 0.468. The van der Waals surface area contributed by atoms with Gasteiger partial charge in [0.05, 0.1) is 35.9 Å². The molecule has 8 unspecified atom stereocenters. The molecule has 27 heteroatoms. The summed E-state index contributed by atoms with van der Waals surface area (Å²) < 4.78 is 60.5. The molecule has 1 saturated carbocycles. The Morgan fingerprint density at radius 2 is 1.09 bits per heavy atom. The third-order valence-corrected chi connectivity index (χ3v) is 11.6. The lowest BCUT2D eigenvalue weighted by molar-refractivity contribution is -0.318. The molecule has 74 heavy (non-hydrogen) atoms. The smallest absolute Gasteiger partial charge is 0.338 e. The van der Waals surface area contributed by atoms with E-state index in [9.17, 15) is 50.2 Å². The van der Waals surface area contributed by atoms with Gasteiger partial charge in [0.2, 0.25) is 0 Å². The summed E-state index contributed by atoms with van der Waals surface area (Å²) in [7, 11) is 0. The second-order valence-corrected chi connectivity index (χ2v) is 16.8. The molecule has 0 spiro atoms. The molecule has 1 aliphatic carbocycles. The van der Waals surface area contributed by atoms with Crippen LogP contribution >= 0.6 is 0 Å².